The molecule has 3 aromatic carbocycles. The predicted octanol–water partition coefficient (Wildman–Crippen LogP) is 8.50. The molecule has 4 atom stereocenters. The van der Waals surface area contributed by atoms with E-state index < -0.39 is 0 Å². The van der Waals surface area contributed by atoms with E-state index in [-0.39, 0.29) is 41.6 Å². The van der Waals surface area contributed by atoms with Crippen molar-refractivity contribution < 1.29 is 19.4 Å². The molecule has 45 heavy (non-hydrogen) atoms. The van der Waals surface area contributed by atoms with E-state index in [1.54, 1.807) is 0 Å². The van der Waals surface area contributed by atoms with E-state index in [0.29, 0.717) is 24.5 Å². The Bertz CT molecular complexity index is 1630. The lowest BCUT2D eigenvalue weighted by atomic mass is 9.67. The molecule has 6 rings (SSSR count). The van der Waals surface area contributed by atoms with Gasteiger partial charge >= 0.3 is 0 Å². The van der Waals surface area contributed by atoms with E-state index in [9.17, 15) is 14.7 Å². The molecule has 2 saturated heterocycles. The van der Waals surface area contributed by atoms with Gasteiger partial charge in [0.05, 0.1) is 30.2 Å². The fourth-order valence-corrected chi connectivity index (χ4v) is 7.57. The number of fused-ring (bicyclic) bond motifs is 3. The molecule has 2 aliphatic heterocycles. The van der Waals surface area contributed by atoms with E-state index in [1.165, 1.54) is 21.6 Å². The molecular formula is C39H44N2O4. The van der Waals surface area contributed by atoms with Crippen LogP contribution in [0.3, 0.4) is 0 Å². The minimum Gasteiger partial charge on any atom is -0.507 e. The number of ether oxygens (including phenoxy) is 1. The van der Waals surface area contributed by atoms with Gasteiger partial charge in [-0.1, -0.05) is 56.2 Å². The van der Waals surface area contributed by atoms with Crippen molar-refractivity contribution in [3.8, 4) is 5.75 Å². The van der Waals surface area contributed by atoms with Crippen molar-refractivity contribution in [3.63, 3.8) is 0 Å². The zero-order valence-corrected chi connectivity index (χ0v) is 27.0. The number of aromatic hydroxyl groups is 1. The molecule has 6 nitrogen and oxygen atoms in total. The zero-order valence-electron chi connectivity index (χ0n) is 27.0. The number of nitrogens with one attached hydrogen (secondary N) is 1. The maximum Gasteiger partial charge on any atom is 0.238 e. The summed E-state index contributed by atoms with van der Waals surface area (Å²) in [5, 5.41) is 13.6. The summed E-state index contributed by atoms with van der Waals surface area (Å²) in [4.78, 5) is 29.3. The fourth-order valence-electron chi connectivity index (χ4n) is 7.57. The summed E-state index contributed by atoms with van der Waals surface area (Å²) in [6, 6.07) is 21.5. The number of hydrogen-bond acceptors (Lipinski definition) is 5. The molecule has 234 valence electrons. The molecule has 2 heterocycles. The Morgan fingerprint density at radius 1 is 0.978 bits per heavy atom. The zero-order chi connectivity index (χ0) is 31.8. The SMILES string of the molecule is CC/C(=C\c1cc(C)c(O)c(C)c1)CC[C@H]1OC[C@H]2C1=C(C(C)C)C[C@H]1C(=O)N(c3ccc(Nc4ccccc4)cc3)C(=O)[C@H]12. The van der Waals surface area contributed by atoms with Crippen LogP contribution in [0, 0.1) is 37.5 Å². The third-order valence-electron chi connectivity index (χ3n) is 9.89. The Morgan fingerprint density at radius 2 is 1.64 bits per heavy atom. The number of phenolic OH excluding ortho intramolecular Hbond substituents is 1. The van der Waals surface area contributed by atoms with E-state index >= 15 is 0 Å². The van der Waals surface area contributed by atoms with Crippen molar-refractivity contribution in [2.24, 2.45) is 23.7 Å². The number of carbonyl (C=O) groups is 2. The highest BCUT2D eigenvalue weighted by Crippen LogP contribution is 2.52. The minimum atomic E-state index is -0.383. The molecular weight excluding hydrogens is 560 g/mol. The average molecular weight is 605 g/mol. The standard InChI is InChI=1S/C39H44N2O4/c1-6-26(20-27-18-24(4)37(42)25(5)19-27)12-17-34-35-31(23(2)3)21-32-36(33(35)22-45-34)39(44)41(38(32)43)30-15-13-29(14-16-30)40-28-10-8-7-9-11-28/h7-11,13-16,18-20,23,32-34,36,40,42H,6,12,17,21-22H2,1-5H3/b26-20+/t32-,33+,34-,36-/m1/s1. The molecule has 0 spiro atoms. The maximum atomic E-state index is 14.0. The first kappa shape index (κ1) is 30.8. The Hall–Kier alpha value is -4.16. The number of anilines is 3. The molecule has 0 saturated carbocycles. The predicted molar refractivity (Wildman–Crippen MR) is 180 cm³/mol. The Balaban J connectivity index is 1.20. The summed E-state index contributed by atoms with van der Waals surface area (Å²) in [6.45, 7) is 10.9. The van der Waals surface area contributed by atoms with Crippen molar-refractivity contribution in [2.75, 3.05) is 16.8 Å². The van der Waals surface area contributed by atoms with E-state index in [4.69, 9.17) is 4.74 Å². The van der Waals surface area contributed by atoms with Crippen LogP contribution in [0.15, 0.2) is 83.4 Å². The minimum absolute atomic E-state index is 0.0492. The Morgan fingerprint density at radius 3 is 2.29 bits per heavy atom. The second-order valence-electron chi connectivity index (χ2n) is 13.1. The molecule has 2 amide bonds. The smallest absolute Gasteiger partial charge is 0.238 e. The van der Waals surface area contributed by atoms with Crippen LogP contribution >= 0.6 is 0 Å². The summed E-state index contributed by atoms with van der Waals surface area (Å²) in [6.07, 6.45) is 5.46. The second-order valence-corrected chi connectivity index (χ2v) is 13.1. The van der Waals surface area contributed by atoms with Gasteiger partial charge in [-0.25, -0.2) is 0 Å². The van der Waals surface area contributed by atoms with Crippen LogP contribution in [0.5, 0.6) is 5.75 Å². The van der Waals surface area contributed by atoms with Gasteiger partial charge in [0.1, 0.15) is 5.75 Å². The largest absolute Gasteiger partial charge is 0.507 e. The van der Waals surface area contributed by atoms with Crippen molar-refractivity contribution >= 4 is 35.0 Å². The highest BCUT2D eigenvalue weighted by Gasteiger charge is 2.57. The highest BCUT2D eigenvalue weighted by molar-refractivity contribution is 6.22. The second kappa shape index (κ2) is 12.7. The first-order chi connectivity index (χ1) is 21.7. The number of carbonyl (C=O) groups excluding carboxylic acids is 2. The van der Waals surface area contributed by atoms with Gasteiger partial charge in [-0.15, -0.1) is 0 Å². The number of allylic oxidation sites excluding steroid dienone is 2. The topological polar surface area (TPSA) is 78.9 Å². The summed E-state index contributed by atoms with van der Waals surface area (Å²) in [5.74, 6) is -0.359. The number of para-hydroxylation sites is 1. The first-order valence-electron chi connectivity index (χ1n) is 16.3. The van der Waals surface area contributed by atoms with Crippen LogP contribution in [0.25, 0.3) is 6.08 Å². The molecule has 2 N–H and O–H groups in total. The van der Waals surface area contributed by atoms with Gasteiger partial charge < -0.3 is 15.2 Å². The summed E-state index contributed by atoms with van der Waals surface area (Å²) in [7, 11) is 0. The van der Waals surface area contributed by atoms with Gasteiger partial charge in [0.15, 0.2) is 0 Å². The lowest BCUT2D eigenvalue weighted by Crippen LogP contribution is -2.35. The number of hydrogen-bond donors (Lipinski definition) is 2. The number of rotatable bonds is 9. The lowest BCUT2D eigenvalue weighted by Gasteiger charge is -2.33. The molecule has 1 aliphatic carbocycles. The third kappa shape index (κ3) is 5.96. The number of aryl methyl sites for hydroxylation is 2. The molecule has 0 bridgehead atoms. The first-order valence-corrected chi connectivity index (χ1v) is 16.3. The monoisotopic (exact) mass is 604 g/mol. The number of phenols is 1. The molecule has 2 fully saturated rings. The summed E-state index contributed by atoms with van der Waals surface area (Å²) in [5.41, 5.74) is 9.26. The summed E-state index contributed by atoms with van der Waals surface area (Å²) < 4.78 is 6.48. The van der Waals surface area contributed by atoms with E-state index in [0.717, 1.165) is 47.3 Å². The number of imide groups is 1. The number of amides is 2. The van der Waals surface area contributed by atoms with Gasteiger partial charge in [0, 0.05) is 17.3 Å². The van der Waals surface area contributed by atoms with Crippen LogP contribution in [-0.2, 0) is 14.3 Å². The van der Waals surface area contributed by atoms with Crippen LogP contribution in [0.2, 0.25) is 0 Å². The van der Waals surface area contributed by atoms with Crippen molar-refractivity contribution in [3.05, 3.63) is 100 Å². The quantitative estimate of drug-likeness (QED) is 0.189. The van der Waals surface area contributed by atoms with E-state index in [1.807, 2.05) is 80.6 Å². The van der Waals surface area contributed by atoms with Crippen molar-refractivity contribution in [1.82, 2.24) is 0 Å². The van der Waals surface area contributed by atoms with Crippen LogP contribution in [-0.4, -0.2) is 29.6 Å². The molecule has 0 aromatic heterocycles. The normalized spacial score (nSPS) is 23.2. The van der Waals surface area contributed by atoms with Crippen LogP contribution in [0.4, 0.5) is 17.1 Å². The summed E-state index contributed by atoms with van der Waals surface area (Å²) >= 11 is 0. The van der Waals surface area contributed by atoms with Gasteiger partial charge in [-0.2, -0.15) is 0 Å². The Labute approximate surface area is 266 Å². The number of nitrogens with zero attached hydrogens (tertiary/aromatic N) is 1. The molecule has 3 aromatic rings. The van der Waals surface area contributed by atoms with Gasteiger partial charge in [0.2, 0.25) is 11.8 Å². The molecule has 0 unspecified atom stereocenters. The highest BCUT2D eigenvalue weighted by atomic mass is 16.5. The van der Waals surface area contributed by atoms with E-state index in [2.05, 4.69) is 32.2 Å². The van der Waals surface area contributed by atoms with Crippen LogP contribution < -0.4 is 10.2 Å². The van der Waals surface area contributed by atoms with Gasteiger partial charge in [-0.05, 0) is 116 Å². The fraction of sp³-hybridized carbons (Fsp3) is 0.385. The average Bonchev–Trinajstić information content (AvgIpc) is 3.56. The van der Waals surface area contributed by atoms with Gasteiger partial charge in [-0.3, -0.25) is 14.5 Å². The van der Waals surface area contributed by atoms with Crippen molar-refractivity contribution in [2.45, 2.75) is 66.4 Å². The maximum absolute atomic E-state index is 14.0. The third-order valence-corrected chi connectivity index (χ3v) is 9.89. The van der Waals surface area contributed by atoms with Crippen LogP contribution in [0.1, 0.15) is 63.1 Å². The van der Waals surface area contributed by atoms with Gasteiger partial charge in [0.25, 0.3) is 0 Å². The molecule has 6 heteroatoms. The number of benzene rings is 3. The Kier molecular flexibility index (Phi) is 8.69. The molecule has 3 aliphatic rings. The lowest BCUT2D eigenvalue weighted by molar-refractivity contribution is -0.122. The molecule has 0 radical (unpaired) electrons. The van der Waals surface area contributed by atoms with Crippen molar-refractivity contribution in [1.29, 1.82) is 0 Å².